The molecule has 0 saturated carbocycles. The summed E-state index contributed by atoms with van der Waals surface area (Å²) >= 11 is 5.06. The number of rotatable bonds is 1. The first-order valence-electron chi connectivity index (χ1n) is 3.67. The number of fused-ring (bicyclic) bond motifs is 1. The van der Waals surface area contributed by atoms with Gasteiger partial charge < -0.3 is 5.21 Å². The molecule has 0 atom stereocenters. The molecule has 2 rings (SSSR count). The van der Waals surface area contributed by atoms with Gasteiger partial charge in [0.1, 0.15) is 0 Å². The number of hydrogen-bond acceptors (Lipinski definition) is 3. The minimum atomic E-state index is 0.949. The van der Waals surface area contributed by atoms with Crippen LogP contribution in [0.15, 0.2) is 33.9 Å². The van der Waals surface area contributed by atoms with E-state index < -0.39 is 0 Å². The summed E-state index contributed by atoms with van der Waals surface area (Å²) in [5.41, 5.74) is 0. The Morgan fingerprint density at radius 1 is 1.46 bits per heavy atom. The highest BCUT2D eigenvalue weighted by Crippen LogP contribution is 2.30. The number of halogens is 1. The first kappa shape index (κ1) is 8.72. The molecule has 0 aliphatic carbocycles. The Morgan fingerprint density at radius 3 is 3.00 bits per heavy atom. The molecule has 1 heterocycles. The second-order valence-corrected chi connectivity index (χ2v) is 4.49. The Kier molecular flexibility index (Phi) is 2.33. The molecule has 0 spiro atoms. The fraction of sp³-hybridized carbons (Fsp3) is 0. The zero-order valence-corrected chi connectivity index (χ0v) is 8.97. The number of thiophene rings is 1. The van der Waals surface area contributed by atoms with Crippen molar-refractivity contribution in [2.45, 2.75) is 0 Å². The standard InChI is InChI=1S/C9H6BrNOS/c10-8-3-1-2-6-4-7(5-11-12)13-9(6)8/h1-5,12H/b11-5+. The van der Waals surface area contributed by atoms with E-state index in [0.717, 1.165) is 14.7 Å². The minimum absolute atomic E-state index is 0.949. The lowest BCUT2D eigenvalue weighted by atomic mass is 10.2. The Labute approximate surface area is 87.6 Å². The lowest BCUT2D eigenvalue weighted by Gasteiger charge is -1.89. The Hall–Kier alpha value is -0.870. The predicted octanol–water partition coefficient (Wildman–Crippen LogP) is 3.47. The van der Waals surface area contributed by atoms with Crippen LogP contribution in [-0.4, -0.2) is 11.4 Å². The largest absolute Gasteiger partial charge is 0.411 e. The molecular weight excluding hydrogens is 250 g/mol. The van der Waals surface area contributed by atoms with Gasteiger partial charge >= 0.3 is 0 Å². The van der Waals surface area contributed by atoms with Gasteiger partial charge in [-0.05, 0) is 33.4 Å². The molecular formula is C9H6BrNOS. The highest BCUT2D eigenvalue weighted by molar-refractivity contribution is 9.10. The van der Waals surface area contributed by atoms with Gasteiger partial charge in [-0.15, -0.1) is 11.3 Å². The van der Waals surface area contributed by atoms with Gasteiger partial charge in [-0.25, -0.2) is 0 Å². The summed E-state index contributed by atoms with van der Waals surface area (Å²) in [6.07, 6.45) is 1.44. The van der Waals surface area contributed by atoms with Crippen molar-refractivity contribution in [1.29, 1.82) is 0 Å². The molecule has 1 N–H and O–H groups in total. The SMILES string of the molecule is O/N=C/c1cc2cccc(Br)c2s1. The van der Waals surface area contributed by atoms with Crippen molar-refractivity contribution in [3.63, 3.8) is 0 Å². The van der Waals surface area contributed by atoms with Crippen LogP contribution in [0, 0.1) is 0 Å². The number of hydrogen-bond donors (Lipinski definition) is 1. The fourth-order valence-electron chi connectivity index (χ4n) is 1.17. The molecule has 2 aromatic rings. The van der Waals surface area contributed by atoms with Crippen molar-refractivity contribution in [3.05, 3.63) is 33.6 Å². The summed E-state index contributed by atoms with van der Waals surface area (Å²) in [6.45, 7) is 0. The van der Waals surface area contributed by atoms with Crippen LogP contribution in [-0.2, 0) is 0 Å². The second kappa shape index (κ2) is 3.47. The summed E-state index contributed by atoms with van der Waals surface area (Å²) in [5, 5.41) is 12.5. The maximum atomic E-state index is 8.38. The van der Waals surface area contributed by atoms with Crippen LogP contribution in [0.4, 0.5) is 0 Å². The lowest BCUT2D eigenvalue weighted by molar-refractivity contribution is 0.322. The third kappa shape index (κ3) is 1.59. The maximum Gasteiger partial charge on any atom is 0.0834 e. The highest BCUT2D eigenvalue weighted by Gasteiger charge is 2.02. The van der Waals surface area contributed by atoms with E-state index in [9.17, 15) is 0 Å². The quantitative estimate of drug-likeness (QED) is 0.473. The van der Waals surface area contributed by atoms with E-state index in [1.165, 1.54) is 10.9 Å². The van der Waals surface area contributed by atoms with Crippen molar-refractivity contribution in [2.75, 3.05) is 0 Å². The van der Waals surface area contributed by atoms with E-state index in [2.05, 4.69) is 21.1 Å². The third-order valence-electron chi connectivity index (χ3n) is 1.70. The van der Waals surface area contributed by atoms with Crippen LogP contribution < -0.4 is 0 Å². The van der Waals surface area contributed by atoms with Crippen LogP contribution in [0.1, 0.15) is 4.88 Å². The number of benzene rings is 1. The van der Waals surface area contributed by atoms with E-state index in [1.54, 1.807) is 11.3 Å². The number of nitrogens with zero attached hydrogens (tertiary/aromatic N) is 1. The summed E-state index contributed by atoms with van der Waals surface area (Å²) in [6, 6.07) is 8.01. The van der Waals surface area contributed by atoms with Gasteiger partial charge in [0.2, 0.25) is 0 Å². The first-order chi connectivity index (χ1) is 6.31. The van der Waals surface area contributed by atoms with Gasteiger partial charge in [0, 0.05) is 14.0 Å². The Balaban J connectivity index is 2.68. The van der Waals surface area contributed by atoms with Crippen LogP contribution in [0.2, 0.25) is 0 Å². The second-order valence-electron chi connectivity index (χ2n) is 2.55. The minimum Gasteiger partial charge on any atom is -0.411 e. The zero-order chi connectivity index (χ0) is 9.26. The molecule has 0 radical (unpaired) electrons. The molecule has 0 fully saturated rings. The first-order valence-corrected chi connectivity index (χ1v) is 5.27. The van der Waals surface area contributed by atoms with E-state index in [4.69, 9.17) is 5.21 Å². The van der Waals surface area contributed by atoms with E-state index in [-0.39, 0.29) is 0 Å². The smallest absolute Gasteiger partial charge is 0.0834 e. The maximum absolute atomic E-state index is 8.38. The van der Waals surface area contributed by atoms with E-state index in [1.807, 2.05) is 24.3 Å². The molecule has 0 aliphatic heterocycles. The molecule has 0 saturated heterocycles. The molecule has 0 aliphatic rings. The van der Waals surface area contributed by atoms with E-state index in [0.29, 0.717) is 0 Å². The fourth-order valence-corrected chi connectivity index (χ4v) is 2.72. The van der Waals surface area contributed by atoms with Gasteiger partial charge in [-0.2, -0.15) is 0 Å². The van der Waals surface area contributed by atoms with Crippen LogP contribution in [0.3, 0.4) is 0 Å². The van der Waals surface area contributed by atoms with Gasteiger partial charge in [0.05, 0.1) is 6.21 Å². The van der Waals surface area contributed by atoms with Gasteiger partial charge in [0.25, 0.3) is 0 Å². The molecule has 1 aromatic carbocycles. The monoisotopic (exact) mass is 255 g/mol. The highest BCUT2D eigenvalue weighted by atomic mass is 79.9. The summed E-state index contributed by atoms with van der Waals surface area (Å²) in [5.74, 6) is 0. The van der Waals surface area contributed by atoms with Crippen molar-refractivity contribution in [1.82, 2.24) is 0 Å². The molecule has 0 unspecified atom stereocenters. The summed E-state index contributed by atoms with van der Waals surface area (Å²) in [4.78, 5) is 0.949. The normalized spacial score (nSPS) is 11.5. The molecule has 66 valence electrons. The van der Waals surface area contributed by atoms with Gasteiger partial charge in [-0.3, -0.25) is 0 Å². The van der Waals surface area contributed by atoms with Crippen molar-refractivity contribution in [2.24, 2.45) is 5.16 Å². The molecule has 0 amide bonds. The zero-order valence-electron chi connectivity index (χ0n) is 6.57. The Bertz CT molecular complexity index is 464. The average molecular weight is 256 g/mol. The van der Waals surface area contributed by atoms with E-state index >= 15 is 0 Å². The molecule has 13 heavy (non-hydrogen) atoms. The molecule has 4 heteroatoms. The third-order valence-corrected chi connectivity index (χ3v) is 3.74. The molecule has 2 nitrogen and oxygen atoms in total. The average Bonchev–Trinajstić information content (AvgIpc) is 2.49. The molecule has 1 aromatic heterocycles. The molecule has 0 bridgehead atoms. The van der Waals surface area contributed by atoms with Gasteiger partial charge in [0.15, 0.2) is 0 Å². The predicted molar refractivity (Wildman–Crippen MR) is 58.9 cm³/mol. The van der Waals surface area contributed by atoms with Crippen LogP contribution in [0.25, 0.3) is 10.1 Å². The van der Waals surface area contributed by atoms with Gasteiger partial charge in [-0.1, -0.05) is 17.3 Å². The van der Waals surface area contributed by atoms with Crippen molar-refractivity contribution >= 4 is 43.6 Å². The number of oxime groups is 1. The lowest BCUT2D eigenvalue weighted by Crippen LogP contribution is -1.68. The Morgan fingerprint density at radius 2 is 2.31 bits per heavy atom. The van der Waals surface area contributed by atoms with Crippen molar-refractivity contribution in [3.8, 4) is 0 Å². The summed E-state index contributed by atoms with van der Waals surface area (Å²) in [7, 11) is 0. The summed E-state index contributed by atoms with van der Waals surface area (Å²) < 4.78 is 2.25. The van der Waals surface area contributed by atoms with Crippen LogP contribution >= 0.6 is 27.3 Å². The topological polar surface area (TPSA) is 32.6 Å². The van der Waals surface area contributed by atoms with Crippen LogP contribution in [0.5, 0.6) is 0 Å². The van der Waals surface area contributed by atoms with Crippen molar-refractivity contribution < 1.29 is 5.21 Å².